The minimum atomic E-state index is 0.0164. The molecule has 1 heterocycles. The van der Waals surface area contributed by atoms with Gasteiger partial charge in [0.05, 0.1) is 5.69 Å². The van der Waals surface area contributed by atoms with Crippen LogP contribution < -0.4 is 10.6 Å². The number of Topliss-reactive ketones (excluding diaryl/α,β-unsaturated/α-hetero) is 1. The Kier molecular flexibility index (Phi) is 7.20. The highest BCUT2D eigenvalue weighted by molar-refractivity contribution is 5.95. The third kappa shape index (κ3) is 5.46. The number of carbonyl (C=O) groups excluding carboxylic acids is 2. The van der Waals surface area contributed by atoms with Gasteiger partial charge in [-0.2, -0.15) is 0 Å². The predicted octanol–water partition coefficient (Wildman–Crippen LogP) is 3.59. The number of nitrogens with one attached hydrogen (secondary N) is 2. The Labute approximate surface area is 160 Å². The number of aromatic nitrogens is 1. The van der Waals surface area contributed by atoms with Crippen LogP contribution >= 0.6 is 0 Å². The van der Waals surface area contributed by atoms with E-state index in [1.54, 1.807) is 26.1 Å². The van der Waals surface area contributed by atoms with Crippen molar-refractivity contribution in [1.29, 1.82) is 0 Å². The first-order chi connectivity index (χ1) is 13.0. The maximum atomic E-state index is 11.6. The second-order valence-electron chi connectivity index (χ2n) is 6.30. The summed E-state index contributed by atoms with van der Waals surface area (Å²) < 4.78 is 0. The summed E-state index contributed by atoms with van der Waals surface area (Å²) in [4.78, 5) is 27.2. The predicted molar refractivity (Wildman–Crippen MR) is 109 cm³/mol. The molecular weight excluding hydrogens is 338 g/mol. The van der Waals surface area contributed by atoms with Crippen LogP contribution in [0.15, 0.2) is 60.4 Å². The van der Waals surface area contributed by atoms with Crippen molar-refractivity contribution in [3.05, 3.63) is 71.6 Å². The molecule has 0 atom stereocenters. The molecule has 1 aromatic heterocycles. The van der Waals surface area contributed by atoms with E-state index in [2.05, 4.69) is 22.2 Å². The Morgan fingerprint density at radius 1 is 1.19 bits per heavy atom. The van der Waals surface area contributed by atoms with Crippen LogP contribution in [-0.2, 0) is 4.79 Å². The van der Waals surface area contributed by atoms with Gasteiger partial charge in [0.2, 0.25) is 0 Å². The lowest BCUT2D eigenvalue weighted by Gasteiger charge is -2.15. The lowest BCUT2D eigenvalue weighted by atomic mass is 10.0. The zero-order valence-electron chi connectivity index (χ0n) is 16.0. The summed E-state index contributed by atoms with van der Waals surface area (Å²) in [5, 5.41) is 6.34. The Balaban J connectivity index is 2.28. The van der Waals surface area contributed by atoms with E-state index in [0.29, 0.717) is 23.3 Å². The van der Waals surface area contributed by atoms with E-state index in [4.69, 9.17) is 0 Å². The Morgan fingerprint density at radius 3 is 2.63 bits per heavy atom. The molecule has 0 aliphatic heterocycles. The molecule has 0 aliphatic rings. The monoisotopic (exact) mass is 363 g/mol. The van der Waals surface area contributed by atoms with Gasteiger partial charge in [0.15, 0.2) is 5.78 Å². The molecule has 1 aromatic carbocycles. The van der Waals surface area contributed by atoms with E-state index in [0.717, 1.165) is 35.3 Å². The van der Waals surface area contributed by atoms with E-state index >= 15 is 0 Å². The fraction of sp³-hybridized carbons (Fsp3) is 0.227. The molecule has 0 fully saturated rings. The van der Waals surface area contributed by atoms with Crippen molar-refractivity contribution in [2.45, 2.75) is 20.3 Å². The highest BCUT2D eigenvalue weighted by atomic mass is 16.1. The third-order valence-electron chi connectivity index (χ3n) is 4.25. The lowest BCUT2D eigenvalue weighted by molar-refractivity contribution is -0.104. The van der Waals surface area contributed by atoms with Gasteiger partial charge in [-0.15, -0.1) is 0 Å². The quantitative estimate of drug-likeness (QED) is 0.405. The molecule has 0 bridgehead atoms. The average molecular weight is 363 g/mol. The summed E-state index contributed by atoms with van der Waals surface area (Å²) in [7, 11) is 1.87. The van der Waals surface area contributed by atoms with Gasteiger partial charge in [-0.25, -0.2) is 0 Å². The number of pyridine rings is 1. The van der Waals surface area contributed by atoms with E-state index in [-0.39, 0.29) is 5.78 Å². The van der Waals surface area contributed by atoms with Crippen LogP contribution in [0.25, 0.3) is 17.0 Å². The second kappa shape index (κ2) is 9.59. The van der Waals surface area contributed by atoms with Crippen molar-refractivity contribution in [2.24, 2.45) is 0 Å². The normalized spacial score (nSPS) is 11.5. The molecule has 27 heavy (non-hydrogen) atoms. The minimum Gasteiger partial charge on any atom is -0.359 e. The van der Waals surface area contributed by atoms with Gasteiger partial charge >= 0.3 is 0 Å². The van der Waals surface area contributed by atoms with Crippen LogP contribution in [0.5, 0.6) is 0 Å². The van der Waals surface area contributed by atoms with Crippen molar-refractivity contribution < 1.29 is 9.59 Å². The van der Waals surface area contributed by atoms with Gasteiger partial charge in [0.1, 0.15) is 6.29 Å². The molecule has 5 heteroatoms. The van der Waals surface area contributed by atoms with Crippen LogP contribution in [0, 0.1) is 0 Å². The number of hydrogen-bond donors (Lipinski definition) is 2. The number of ketones is 1. The highest BCUT2D eigenvalue weighted by Gasteiger charge is 2.09. The summed E-state index contributed by atoms with van der Waals surface area (Å²) in [5.74, 6) is 0.0164. The molecule has 2 aromatic rings. The van der Waals surface area contributed by atoms with E-state index in [1.165, 1.54) is 0 Å². The van der Waals surface area contributed by atoms with E-state index in [1.807, 2.05) is 37.4 Å². The van der Waals surface area contributed by atoms with Crippen molar-refractivity contribution >= 4 is 17.8 Å². The first-order valence-corrected chi connectivity index (χ1v) is 8.79. The molecule has 0 saturated carbocycles. The van der Waals surface area contributed by atoms with Gasteiger partial charge in [0.25, 0.3) is 0 Å². The van der Waals surface area contributed by atoms with Crippen LogP contribution in [0.2, 0.25) is 0 Å². The molecule has 0 unspecified atom stereocenters. The fourth-order valence-electron chi connectivity index (χ4n) is 2.61. The molecule has 2 rings (SSSR count). The summed E-state index contributed by atoms with van der Waals surface area (Å²) in [6, 6.07) is 11.2. The molecule has 0 amide bonds. The number of benzene rings is 1. The topological polar surface area (TPSA) is 71.1 Å². The van der Waals surface area contributed by atoms with Gasteiger partial charge in [-0.05, 0) is 39.1 Å². The van der Waals surface area contributed by atoms with Crippen molar-refractivity contribution in [3.63, 3.8) is 0 Å². The number of hydrogen-bond acceptors (Lipinski definition) is 5. The van der Waals surface area contributed by atoms with Crippen molar-refractivity contribution in [3.8, 4) is 11.3 Å². The van der Waals surface area contributed by atoms with Crippen LogP contribution in [0.4, 0.5) is 0 Å². The Morgan fingerprint density at radius 2 is 1.96 bits per heavy atom. The third-order valence-corrected chi connectivity index (χ3v) is 4.25. The molecule has 140 valence electrons. The van der Waals surface area contributed by atoms with Crippen LogP contribution in [0.1, 0.15) is 36.2 Å². The maximum Gasteiger partial charge on any atom is 0.159 e. The Hall–Kier alpha value is -3.05. The van der Waals surface area contributed by atoms with E-state index < -0.39 is 0 Å². The molecule has 2 N–H and O–H groups in total. The first-order valence-electron chi connectivity index (χ1n) is 8.79. The van der Waals surface area contributed by atoms with Gasteiger partial charge in [-0.3, -0.25) is 14.6 Å². The Bertz CT molecular complexity index is 885. The zero-order chi connectivity index (χ0) is 19.8. The molecule has 0 radical (unpaired) electrons. The number of nitrogens with zero attached hydrogens (tertiary/aromatic N) is 1. The molecule has 0 aliphatic carbocycles. The van der Waals surface area contributed by atoms with Crippen LogP contribution in [-0.4, -0.2) is 30.6 Å². The van der Waals surface area contributed by atoms with Crippen LogP contribution in [0.3, 0.4) is 0 Å². The summed E-state index contributed by atoms with van der Waals surface area (Å²) in [6.07, 6.45) is 3.25. The van der Waals surface area contributed by atoms with Crippen molar-refractivity contribution in [2.75, 3.05) is 13.6 Å². The summed E-state index contributed by atoms with van der Waals surface area (Å²) in [5.41, 5.74) is 5.31. The number of allylic oxidation sites excluding steroid dienone is 1. The van der Waals surface area contributed by atoms with E-state index in [9.17, 15) is 9.59 Å². The molecule has 0 spiro atoms. The fourth-order valence-corrected chi connectivity index (χ4v) is 2.61. The average Bonchev–Trinajstić information content (AvgIpc) is 2.70. The smallest absolute Gasteiger partial charge is 0.159 e. The minimum absolute atomic E-state index is 0.0164. The summed E-state index contributed by atoms with van der Waals surface area (Å²) in [6.45, 7) is 8.18. The molecule has 0 saturated heterocycles. The number of rotatable bonds is 9. The largest absolute Gasteiger partial charge is 0.359 e. The SMILES string of the molecule is C=C(N/C(CCNC)=C(\C)C=O)c1ccnc(-c2cccc(C(C)=O)c2)c1. The molecule has 5 nitrogen and oxygen atoms in total. The number of aldehydes is 1. The lowest BCUT2D eigenvalue weighted by Crippen LogP contribution is -2.18. The zero-order valence-corrected chi connectivity index (χ0v) is 16.0. The number of carbonyl (C=O) groups is 2. The van der Waals surface area contributed by atoms with Crippen molar-refractivity contribution in [1.82, 2.24) is 15.6 Å². The first kappa shape index (κ1) is 20.3. The molecular formula is C22H25N3O2. The van der Waals surface area contributed by atoms with Gasteiger partial charge in [0, 0.05) is 52.8 Å². The summed E-state index contributed by atoms with van der Waals surface area (Å²) >= 11 is 0. The second-order valence-corrected chi connectivity index (χ2v) is 6.30. The highest BCUT2D eigenvalue weighted by Crippen LogP contribution is 2.22. The van der Waals surface area contributed by atoms with Gasteiger partial charge < -0.3 is 10.6 Å². The standard InChI is InChI=1S/C22H25N3O2/c1-15(14-26)21(9-10-23-4)25-16(2)18-8-11-24-22(13-18)20-7-5-6-19(12-20)17(3)27/h5-8,11-14,23,25H,2,9-10H2,1,3-4H3/b21-15+. The van der Waals surface area contributed by atoms with Gasteiger partial charge in [-0.1, -0.05) is 24.8 Å². The maximum absolute atomic E-state index is 11.6.